The first-order valence-electron chi connectivity index (χ1n) is 11.4. The Kier molecular flexibility index (Phi) is 8.14. The third-order valence-corrected chi connectivity index (χ3v) is 6.67. The highest BCUT2D eigenvalue weighted by molar-refractivity contribution is 5.77. The fourth-order valence-electron chi connectivity index (χ4n) is 4.59. The van der Waals surface area contributed by atoms with Crippen LogP contribution in [0.1, 0.15) is 30.9 Å². The zero-order valence-corrected chi connectivity index (χ0v) is 19.8. The van der Waals surface area contributed by atoms with Gasteiger partial charge in [-0.15, -0.1) is 0 Å². The molecular formula is C24H37N3O5. The fraction of sp³-hybridized carbons (Fsp3) is 0.667. The third-order valence-electron chi connectivity index (χ3n) is 6.67. The van der Waals surface area contributed by atoms with E-state index in [2.05, 4.69) is 4.90 Å². The van der Waals surface area contributed by atoms with Gasteiger partial charge < -0.3 is 24.4 Å². The lowest BCUT2D eigenvalue weighted by Crippen LogP contribution is -2.55. The zero-order chi connectivity index (χ0) is 23.3. The standard InChI is InChI=1S/C24H37N3O5/c1-18-5-6-22(13-19(18)2)32-17-24(30)15-26(11-12-27(16-24)23(29)14-31-4)21-7-9-25(10-8-21)20(3)28/h5-6,13,21,30H,7-12,14-17H2,1-4H3/t24-/m0/s1. The number of carbonyl (C=O) groups is 2. The van der Waals surface area contributed by atoms with Crippen LogP contribution in [-0.2, 0) is 14.3 Å². The summed E-state index contributed by atoms with van der Waals surface area (Å²) in [4.78, 5) is 30.1. The van der Waals surface area contributed by atoms with Crippen molar-refractivity contribution in [3.05, 3.63) is 29.3 Å². The van der Waals surface area contributed by atoms with Gasteiger partial charge in [-0.1, -0.05) is 6.07 Å². The number of benzene rings is 1. The summed E-state index contributed by atoms with van der Waals surface area (Å²) in [7, 11) is 1.50. The van der Waals surface area contributed by atoms with Crippen LogP contribution in [0.5, 0.6) is 5.75 Å². The van der Waals surface area contributed by atoms with Crippen molar-refractivity contribution < 1.29 is 24.2 Å². The molecule has 1 aromatic carbocycles. The van der Waals surface area contributed by atoms with Crippen LogP contribution in [0.4, 0.5) is 0 Å². The van der Waals surface area contributed by atoms with Crippen LogP contribution in [0.2, 0.25) is 0 Å². The summed E-state index contributed by atoms with van der Waals surface area (Å²) >= 11 is 0. The van der Waals surface area contributed by atoms with Crippen LogP contribution in [0.15, 0.2) is 18.2 Å². The van der Waals surface area contributed by atoms with Crippen LogP contribution in [-0.4, -0.2) is 103 Å². The molecule has 0 aromatic heterocycles. The van der Waals surface area contributed by atoms with Crippen LogP contribution in [0, 0.1) is 13.8 Å². The number of amides is 2. The number of hydrogen-bond acceptors (Lipinski definition) is 6. The van der Waals surface area contributed by atoms with Crippen LogP contribution >= 0.6 is 0 Å². The van der Waals surface area contributed by atoms with Gasteiger partial charge in [0.2, 0.25) is 11.8 Å². The summed E-state index contributed by atoms with van der Waals surface area (Å²) in [6.45, 7) is 9.03. The predicted molar refractivity (Wildman–Crippen MR) is 122 cm³/mol. The van der Waals surface area contributed by atoms with E-state index in [9.17, 15) is 14.7 Å². The van der Waals surface area contributed by atoms with E-state index in [1.54, 1.807) is 11.8 Å². The first-order valence-corrected chi connectivity index (χ1v) is 11.4. The molecule has 0 radical (unpaired) electrons. The second-order valence-corrected chi connectivity index (χ2v) is 9.22. The van der Waals surface area contributed by atoms with E-state index in [0.29, 0.717) is 25.4 Å². The summed E-state index contributed by atoms with van der Waals surface area (Å²) in [5.74, 6) is 0.682. The molecule has 1 aromatic rings. The highest BCUT2D eigenvalue weighted by atomic mass is 16.5. The van der Waals surface area contributed by atoms with Gasteiger partial charge in [-0.05, 0) is 49.9 Å². The summed E-state index contributed by atoms with van der Waals surface area (Å²) in [5.41, 5.74) is 1.10. The number of aliphatic hydroxyl groups is 1. The predicted octanol–water partition coefficient (Wildman–Crippen LogP) is 1.21. The van der Waals surface area contributed by atoms with Crippen molar-refractivity contribution in [2.75, 3.05) is 59.6 Å². The Morgan fingerprint density at radius 2 is 1.78 bits per heavy atom. The molecule has 178 valence electrons. The Morgan fingerprint density at radius 1 is 1.06 bits per heavy atom. The van der Waals surface area contributed by atoms with Crippen LogP contribution in [0.25, 0.3) is 0 Å². The molecule has 32 heavy (non-hydrogen) atoms. The molecule has 8 nitrogen and oxygen atoms in total. The molecule has 0 saturated carbocycles. The van der Waals surface area contributed by atoms with E-state index >= 15 is 0 Å². The molecule has 0 unspecified atom stereocenters. The number of hydrogen-bond donors (Lipinski definition) is 1. The van der Waals surface area contributed by atoms with Crippen molar-refractivity contribution in [2.24, 2.45) is 0 Å². The summed E-state index contributed by atoms with van der Waals surface area (Å²) in [5, 5.41) is 11.6. The third kappa shape index (κ3) is 6.21. The lowest BCUT2D eigenvalue weighted by atomic mass is 9.99. The van der Waals surface area contributed by atoms with Crippen LogP contribution in [0.3, 0.4) is 0 Å². The summed E-state index contributed by atoms with van der Waals surface area (Å²) in [6.07, 6.45) is 1.72. The number of nitrogens with zero attached hydrogens (tertiary/aromatic N) is 3. The van der Waals surface area contributed by atoms with Gasteiger partial charge >= 0.3 is 0 Å². The van der Waals surface area contributed by atoms with Crippen molar-refractivity contribution in [3.8, 4) is 5.75 Å². The van der Waals surface area contributed by atoms with E-state index in [4.69, 9.17) is 9.47 Å². The molecule has 2 aliphatic rings. The first kappa shape index (κ1) is 24.5. The van der Waals surface area contributed by atoms with Crippen molar-refractivity contribution >= 4 is 11.8 Å². The molecule has 2 aliphatic heterocycles. The Hall–Kier alpha value is -2.16. The lowest BCUT2D eigenvalue weighted by molar-refractivity contribution is -0.138. The van der Waals surface area contributed by atoms with Gasteiger partial charge in [0.15, 0.2) is 0 Å². The van der Waals surface area contributed by atoms with Gasteiger partial charge in [-0.2, -0.15) is 0 Å². The number of carbonyl (C=O) groups excluding carboxylic acids is 2. The Morgan fingerprint density at radius 3 is 2.41 bits per heavy atom. The van der Waals surface area contributed by atoms with Gasteiger partial charge in [0.1, 0.15) is 24.6 Å². The highest BCUT2D eigenvalue weighted by Gasteiger charge is 2.40. The van der Waals surface area contributed by atoms with E-state index < -0.39 is 5.60 Å². The maximum absolute atomic E-state index is 12.6. The molecule has 2 fully saturated rings. The van der Waals surface area contributed by atoms with Crippen molar-refractivity contribution in [1.82, 2.24) is 14.7 Å². The number of aryl methyl sites for hydroxylation is 2. The molecule has 2 amide bonds. The quantitative estimate of drug-likeness (QED) is 0.706. The van der Waals surface area contributed by atoms with Gasteiger partial charge in [0.05, 0.1) is 6.54 Å². The number of piperidine rings is 1. The second kappa shape index (κ2) is 10.6. The minimum atomic E-state index is -1.21. The highest BCUT2D eigenvalue weighted by Crippen LogP contribution is 2.24. The molecule has 1 atom stereocenters. The summed E-state index contributed by atoms with van der Waals surface area (Å²) < 4.78 is 11.1. The molecule has 0 aliphatic carbocycles. The van der Waals surface area contributed by atoms with Gasteiger partial charge in [-0.25, -0.2) is 0 Å². The second-order valence-electron chi connectivity index (χ2n) is 9.22. The molecule has 0 spiro atoms. The SMILES string of the molecule is COCC(=O)N1CCN(C2CCN(C(C)=O)CC2)C[C@@](O)(COc2ccc(C)c(C)c2)C1. The number of likely N-dealkylation sites (tertiary alicyclic amines) is 1. The molecule has 2 saturated heterocycles. The zero-order valence-electron chi connectivity index (χ0n) is 19.8. The number of rotatable bonds is 6. The maximum Gasteiger partial charge on any atom is 0.248 e. The largest absolute Gasteiger partial charge is 0.490 e. The molecule has 8 heteroatoms. The van der Waals surface area contributed by atoms with Crippen molar-refractivity contribution in [1.29, 1.82) is 0 Å². The number of methoxy groups -OCH3 is 1. The molecule has 3 rings (SSSR count). The molecule has 1 N–H and O–H groups in total. The van der Waals surface area contributed by atoms with E-state index in [1.165, 1.54) is 12.7 Å². The van der Waals surface area contributed by atoms with Crippen molar-refractivity contribution in [2.45, 2.75) is 45.3 Å². The van der Waals surface area contributed by atoms with E-state index in [-0.39, 0.29) is 37.6 Å². The summed E-state index contributed by atoms with van der Waals surface area (Å²) in [6, 6.07) is 6.14. The van der Waals surface area contributed by atoms with Gasteiger partial charge in [-0.3, -0.25) is 14.5 Å². The van der Waals surface area contributed by atoms with Gasteiger partial charge in [0, 0.05) is 52.8 Å². The number of β-amino-alcohol motifs (C(OH)–C–C–N with tert-alkyl or cyclic N) is 1. The lowest BCUT2D eigenvalue weighted by Gasteiger charge is -2.40. The Balaban J connectivity index is 1.73. The topological polar surface area (TPSA) is 82.6 Å². The van der Waals surface area contributed by atoms with Crippen molar-refractivity contribution in [3.63, 3.8) is 0 Å². The number of ether oxygens (including phenoxy) is 2. The Bertz CT molecular complexity index is 809. The minimum Gasteiger partial charge on any atom is -0.490 e. The first-order chi connectivity index (χ1) is 15.2. The normalized spacial score (nSPS) is 23.2. The smallest absolute Gasteiger partial charge is 0.248 e. The Labute approximate surface area is 191 Å². The fourth-order valence-corrected chi connectivity index (χ4v) is 4.59. The molecule has 2 heterocycles. The molecular weight excluding hydrogens is 410 g/mol. The average molecular weight is 448 g/mol. The maximum atomic E-state index is 12.6. The van der Waals surface area contributed by atoms with Gasteiger partial charge in [0.25, 0.3) is 0 Å². The minimum absolute atomic E-state index is 0.00884. The van der Waals surface area contributed by atoms with E-state index in [0.717, 1.165) is 31.5 Å². The molecule has 0 bridgehead atoms. The van der Waals surface area contributed by atoms with E-state index in [1.807, 2.05) is 36.9 Å². The monoisotopic (exact) mass is 447 g/mol. The average Bonchev–Trinajstić information content (AvgIpc) is 2.94. The van der Waals surface area contributed by atoms with Crippen LogP contribution < -0.4 is 4.74 Å².